The van der Waals surface area contributed by atoms with Crippen molar-refractivity contribution in [3.05, 3.63) is 11.9 Å². The standard InChI is InChI=1S/C7H11N5/c1-6(4-9-2)12-5-7(3-8)10-11-12/h5-6,9H,4H2,1-2H3. The Kier molecular flexibility index (Phi) is 2.77. The molecule has 0 aliphatic carbocycles. The van der Waals surface area contributed by atoms with Crippen LogP contribution in [0.4, 0.5) is 0 Å². The second kappa shape index (κ2) is 3.83. The third-order valence-corrected chi connectivity index (χ3v) is 1.58. The number of aromatic nitrogens is 3. The van der Waals surface area contributed by atoms with Crippen LogP contribution in [-0.4, -0.2) is 28.6 Å². The van der Waals surface area contributed by atoms with Crippen molar-refractivity contribution in [1.82, 2.24) is 20.3 Å². The summed E-state index contributed by atoms with van der Waals surface area (Å²) in [4.78, 5) is 0. The fourth-order valence-electron chi connectivity index (χ4n) is 0.932. The second-order valence-electron chi connectivity index (χ2n) is 2.60. The van der Waals surface area contributed by atoms with E-state index >= 15 is 0 Å². The molecule has 0 spiro atoms. The fourth-order valence-corrected chi connectivity index (χ4v) is 0.932. The van der Waals surface area contributed by atoms with Crippen molar-refractivity contribution in [3.63, 3.8) is 0 Å². The predicted molar refractivity (Wildman–Crippen MR) is 43.4 cm³/mol. The predicted octanol–water partition coefficient (Wildman–Crippen LogP) is -0.0698. The normalized spacial score (nSPS) is 12.4. The summed E-state index contributed by atoms with van der Waals surface area (Å²) in [5.41, 5.74) is 0.359. The van der Waals surface area contributed by atoms with Crippen molar-refractivity contribution in [2.45, 2.75) is 13.0 Å². The molecule has 0 fully saturated rings. The van der Waals surface area contributed by atoms with Gasteiger partial charge in [-0.15, -0.1) is 5.10 Å². The Labute approximate surface area is 71.0 Å². The SMILES string of the molecule is CNCC(C)n1cc(C#N)nn1. The van der Waals surface area contributed by atoms with E-state index in [-0.39, 0.29) is 6.04 Å². The van der Waals surface area contributed by atoms with Gasteiger partial charge in [-0.3, -0.25) is 0 Å². The summed E-state index contributed by atoms with van der Waals surface area (Å²) in [6.07, 6.45) is 1.64. The maximum atomic E-state index is 8.48. The molecule has 0 amide bonds. The van der Waals surface area contributed by atoms with Crippen LogP contribution in [0.5, 0.6) is 0 Å². The summed E-state index contributed by atoms with van der Waals surface area (Å²) >= 11 is 0. The van der Waals surface area contributed by atoms with Gasteiger partial charge in [0.1, 0.15) is 6.07 Å². The molecule has 0 radical (unpaired) electrons. The van der Waals surface area contributed by atoms with Crippen LogP contribution >= 0.6 is 0 Å². The zero-order chi connectivity index (χ0) is 8.97. The number of nitriles is 1. The molecule has 1 heterocycles. The highest BCUT2D eigenvalue weighted by Gasteiger charge is 2.05. The molecule has 1 atom stereocenters. The molecule has 1 unspecified atom stereocenters. The highest BCUT2D eigenvalue weighted by molar-refractivity contribution is 5.13. The molecule has 1 N–H and O–H groups in total. The minimum atomic E-state index is 0.226. The van der Waals surface area contributed by atoms with Crippen LogP contribution in [0.3, 0.4) is 0 Å². The molecule has 64 valence electrons. The van der Waals surface area contributed by atoms with E-state index in [2.05, 4.69) is 15.6 Å². The summed E-state index contributed by atoms with van der Waals surface area (Å²) in [6, 6.07) is 2.16. The molecular weight excluding hydrogens is 154 g/mol. The molecular formula is C7H11N5. The zero-order valence-electron chi connectivity index (χ0n) is 7.15. The molecule has 0 saturated carbocycles. The van der Waals surface area contributed by atoms with Crippen LogP contribution in [0, 0.1) is 11.3 Å². The van der Waals surface area contributed by atoms with Crippen LogP contribution in [-0.2, 0) is 0 Å². The largest absolute Gasteiger partial charge is 0.318 e. The third kappa shape index (κ3) is 1.80. The Morgan fingerprint density at radius 3 is 3.08 bits per heavy atom. The highest BCUT2D eigenvalue weighted by Crippen LogP contribution is 2.01. The van der Waals surface area contributed by atoms with E-state index < -0.39 is 0 Å². The molecule has 0 aliphatic heterocycles. The Morgan fingerprint density at radius 2 is 2.58 bits per heavy atom. The van der Waals surface area contributed by atoms with E-state index in [0.717, 1.165) is 6.54 Å². The van der Waals surface area contributed by atoms with Crippen molar-refractivity contribution < 1.29 is 0 Å². The van der Waals surface area contributed by atoms with Gasteiger partial charge in [0, 0.05) is 6.54 Å². The molecule has 5 heteroatoms. The summed E-state index contributed by atoms with van der Waals surface area (Å²) in [6.45, 7) is 2.82. The lowest BCUT2D eigenvalue weighted by molar-refractivity contribution is 0.458. The first-order valence-corrected chi connectivity index (χ1v) is 3.74. The van der Waals surface area contributed by atoms with Gasteiger partial charge >= 0.3 is 0 Å². The minimum absolute atomic E-state index is 0.226. The Morgan fingerprint density at radius 1 is 1.83 bits per heavy atom. The molecule has 0 aromatic carbocycles. The number of hydrogen-bond acceptors (Lipinski definition) is 4. The number of nitrogens with zero attached hydrogens (tertiary/aromatic N) is 4. The van der Waals surface area contributed by atoms with Crippen LogP contribution in [0.2, 0.25) is 0 Å². The topological polar surface area (TPSA) is 66.5 Å². The van der Waals surface area contributed by atoms with Gasteiger partial charge in [0.05, 0.1) is 12.2 Å². The van der Waals surface area contributed by atoms with E-state index in [1.165, 1.54) is 0 Å². The van der Waals surface area contributed by atoms with Crippen molar-refractivity contribution in [2.75, 3.05) is 13.6 Å². The first kappa shape index (κ1) is 8.68. The average molecular weight is 165 g/mol. The first-order valence-electron chi connectivity index (χ1n) is 3.74. The maximum absolute atomic E-state index is 8.48. The van der Waals surface area contributed by atoms with Crippen molar-refractivity contribution in [1.29, 1.82) is 5.26 Å². The quantitative estimate of drug-likeness (QED) is 0.680. The van der Waals surface area contributed by atoms with Gasteiger partial charge in [-0.1, -0.05) is 5.21 Å². The molecule has 1 aromatic rings. The Hall–Kier alpha value is -1.41. The molecule has 1 rings (SSSR count). The van der Waals surface area contributed by atoms with Gasteiger partial charge in [0.25, 0.3) is 0 Å². The van der Waals surface area contributed by atoms with Gasteiger partial charge in [-0.25, -0.2) is 4.68 Å². The van der Waals surface area contributed by atoms with E-state index in [0.29, 0.717) is 5.69 Å². The Balaban J connectivity index is 2.69. The fraction of sp³-hybridized carbons (Fsp3) is 0.571. The Bertz CT molecular complexity index is 284. The first-order chi connectivity index (χ1) is 5.77. The zero-order valence-corrected chi connectivity index (χ0v) is 7.15. The molecule has 0 saturated heterocycles. The van der Waals surface area contributed by atoms with Crippen LogP contribution in [0.15, 0.2) is 6.20 Å². The number of nitrogens with one attached hydrogen (secondary N) is 1. The van der Waals surface area contributed by atoms with E-state index in [1.54, 1.807) is 10.9 Å². The van der Waals surface area contributed by atoms with Gasteiger partial charge in [0.15, 0.2) is 5.69 Å². The molecule has 5 nitrogen and oxygen atoms in total. The minimum Gasteiger partial charge on any atom is -0.318 e. The molecule has 1 aromatic heterocycles. The summed E-state index contributed by atoms with van der Waals surface area (Å²) in [7, 11) is 1.87. The number of rotatable bonds is 3. The smallest absolute Gasteiger partial charge is 0.182 e. The molecule has 0 aliphatic rings. The van der Waals surface area contributed by atoms with Gasteiger partial charge < -0.3 is 5.32 Å². The van der Waals surface area contributed by atoms with E-state index in [1.807, 2.05) is 20.0 Å². The van der Waals surface area contributed by atoms with Crippen molar-refractivity contribution in [2.24, 2.45) is 0 Å². The third-order valence-electron chi connectivity index (χ3n) is 1.58. The van der Waals surface area contributed by atoms with Gasteiger partial charge in [-0.05, 0) is 14.0 Å². The lowest BCUT2D eigenvalue weighted by Gasteiger charge is -2.08. The summed E-state index contributed by atoms with van der Waals surface area (Å²) in [5, 5.41) is 19.0. The number of likely N-dealkylation sites (N-methyl/N-ethyl adjacent to an activating group) is 1. The van der Waals surface area contributed by atoms with Gasteiger partial charge in [-0.2, -0.15) is 5.26 Å². The summed E-state index contributed by atoms with van der Waals surface area (Å²) < 4.78 is 1.68. The second-order valence-corrected chi connectivity index (χ2v) is 2.60. The number of hydrogen-bond donors (Lipinski definition) is 1. The van der Waals surface area contributed by atoms with Crippen molar-refractivity contribution >= 4 is 0 Å². The van der Waals surface area contributed by atoms with E-state index in [4.69, 9.17) is 5.26 Å². The van der Waals surface area contributed by atoms with Crippen LogP contribution < -0.4 is 5.32 Å². The lowest BCUT2D eigenvalue weighted by Crippen LogP contribution is -2.20. The van der Waals surface area contributed by atoms with Gasteiger partial charge in [0.2, 0.25) is 0 Å². The lowest BCUT2D eigenvalue weighted by atomic mass is 10.3. The van der Waals surface area contributed by atoms with E-state index in [9.17, 15) is 0 Å². The highest BCUT2D eigenvalue weighted by atomic mass is 15.4. The molecule has 12 heavy (non-hydrogen) atoms. The summed E-state index contributed by atoms with van der Waals surface area (Å²) in [5.74, 6) is 0. The maximum Gasteiger partial charge on any atom is 0.182 e. The monoisotopic (exact) mass is 165 g/mol. The molecule has 0 bridgehead atoms. The average Bonchev–Trinajstić information content (AvgIpc) is 2.52. The van der Waals surface area contributed by atoms with Crippen LogP contribution in [0.1, 0.15) is 18.7 Å². The van der Waals surface area contributed by atoms with Crippen molar-refractivity contribution in [3.8, 4) is 6.07 Å². The van der Waals surface area contributed by atoms with Crippen LogP contribution in [0.25, 0.3) is 0 Å².